The third-order valence-corrected chi connectivity index (χ3v) is 7.42. The van der Waals surface area contributed by atoms with E-state index >= 15 is 0 Å². The van der Waals surface area contributed by atoms with Gasteiger partial charge in [-0.05, 0) is 62.1 Å². The summed E-state index contributed by atoms with van der Waals surface area (Å²) in [6.07, 6.45) is 4.38. The van der Waals surface area contributed by atoms with Gasteiger partial charge in [-0.3, -0.25) is 24.0 Å². The van der Waals surface area contributed by atoms with Gasteiger partial charge in [0.1, 0.15) is 24.2 Å². The summed E-state index contributed by atoms with van der Waals surface area (Å²) in [7, 11) is 0. The molecule has 1 aromatic carbocycles. The van der Waals surface area contributed by atoms with Crippen molar-refractivity contribution in [3.63, 3.8) is 0 Å². The van der Waals surface area contributed by atoms with Crippen LogP contribution in [0.15, 0.2) is 30.3 Å². The van der Waals surface area contributed by atoms with E-state index in [0.717, 1.165) is 5.56 Å². The first kappa shape index (κ1) is 37.9. The van der Waals surface area contributed by atoms with Crippen molar-refractivity contribution < 1.29 is 24.0 Å². The topological polar surface area (TPSA) is 186 Å². The zero-order valence-electron chi connectivity index (χ0n) is 26.5. The van der Waals surface area contributed by atoms with Crippen LogP contribution in [-0.4, -0.2) is 72.3 Å². The van der Waals surface area contributed by atoms with Gasteiger partial charge in [0.15, 0.2) is 0 Å². The Labute approximate surface area is 260 Å². The average Bonchev–Trinajstić information content (AvgIpc) is 2.93. The van der Waals surface area contributed by atoms with Crippen LogP contribution in [0, 0.1) is 11.3 Å². The fourth-order valence-electron chi connectivity index (χ4n) is 4.24. The summed E-state index contributed by atoms with van der Waals surface area (Å²) in [5.74, 6) is -1.84. The van der Waals surface area contributed by atoms with E-state index in [4.69, 9.17) is 11.5 Å². The summed E-state index contributed by atoms with van der Waals surface area (Å²) in [5.41, 5.74) is 11.2. The summed E-state index contributed by atoms with van der Waals surface area (Å²) in [6.45, 7) is 9.59. The number of hydrogen-bond donors (Lipinski definition) is 6. The predicted molar refractivity (Wildman–Crippen MR) is 172 cm³/mol. The summed E-state index contributed by atoms with van der Waals surface area (Å²) in [4.78, 5) is 65.3. The zero-order valence-corrected chi connectivity index (χ0v) is 27.4. The highest BCUT2D eigenvalue weighted by atomic mass is 32.2. The molecule has 0 fully saturated rings. The summed E-state index contributed by atoms with van der Waals surface area (Å²) in [6, 6.07) is 5.43. The Morgan fingerprint density at radius 1 is 0.791 bits per heavy atom. The number of rotatable bonds is 19. The van der Waals surface area contributed by atoms with Crippen molar-refractivity contribution in [2.24, 2.45) is 22.8 Å². The van der Waals surface area contributed by atoms with Crippen molar-refractivity contribution >= 4 is 41.3 Å². The maximum atomic E-state index is 13.7. The van der Waals surface area contributed by atoms with Crippen molar-refractivity contribution in [2.75, 3.05) is 18.6 Å². The van der Waals surface area contributed by atoms with Gasteiger partial charge in [0.05, 0.1) is 0 Å². The first-order valence-electron chi connectivity index (χ1n) is 14.9. The molecule has 0 aliphatic rings. The van der Waals surface area contributed by atoms with E-state index in [-0.39, 0.29) is 18.2 Å². The summed E-state index contributed by atoms with van der Waals surface area (Å²) < 4.78 is 0. The molecule has 43 heavy (non-hydrogen) atoms. The molecule has 0 unspecified atom stereocenters. The Morgan fingerprint density at radius 2 is 1.35 bits per heavy atom. The van der Waals surface area contributed by atoms with Crippen molar-refractivity contribution in [1.29, 1.82) is 0 Å². The molecule has 1 rings (SSSR count). The molecular formula is C31H52N6O5S. The van der Waals surface area contributed by atoms with Crippen molar-refractivity contribution in [1.82, 2.24) is 21.3 Å². The molecule has 0 saturated heterocycles. The number of hydrogen-bond acceptors (Lipinski definition) is 7. The third kappa shape index (κ3) is 14.7. The number of amides is 5. The van der Waals surface area contributed by atoms with Gasteiger partial charge in [-0.15, -0.1) is 0 Å². The molecule has 12 heteroatoms. The molecule has 0 heterocycles. The number of thioether (sulfide) groups is 1. The Morgan fingerprint density at radius 3 is 1.88 bits per heavy atom. The van der Waals surface area contributed by atoms with E-state index in [9.17, 15) is 24.0 Å². The van der Waals surface area contributed by atoms with Crippen LogP contribution in [-0.2, 0) is 30.4 Å². The second kappa shape index (κ2) is 19.2. The van der Waals surface area contributed by atoms with Crippen LogP contribution >= 0.6 is 11.8 Å². The van der Waals surface area contributed by atoms with Crippen molar-refractivity contribution in [3.8, 4) is 0 Å². The maximum absolute atomic E-state index is 13.7. The number of primary amides is 1. The second-order valence-electron chi connectivity index (χ2n) is 12.2. The Kier molecular flexibility index (Phi) is 16.9. The fraction of sp³-hybridized carbons (Fsp3) is 0.645. The minimum atomic E-state index is -1.04. The molecule has 4 atom stereocenters. The minimum Gasteiger partial charge on any atom is -0.368 e. The molecule has 5 amide bonds. The van der Waals surface area contributed by atoms with E-state index < -0.39 is 53.2 Å². The van der Waals surface area contributed by atoms with Gasteiger partial charge in [-0.2, -0.15) is 11.8 Å². The van der Waals surface area contributed by atoms with Gasteiger partial charge in [0, 0.05) is 11.8 Å². The van der Waals surface area contributed by atoms with Gasteiger partial charge in [-0.25, -0.2) is 0 Å². The second-order valence-corrected chi connectivity index (χ2v) is 13.2. The van der Waals surface area contributed by atoms with Crippen LogP contribution < -0.4 is 32.7 Å². The van der Waals surface area contributed by atoms with E-state index in [2.05, 4.69) is 21.3 Å². The maximum Gasteiger partial charge on any atom is 0.243 e. The molecule has 0 bridgehead atoms. The Bertz CT molecular complexity index is 1050. The zero-order chi connectivity index (χ0) is 32.6. The first-order chi connectivity index (χ1) is 20.2. The lowest BCUT2D eigenvalue weighted by atomic mass is 9.95. The largest absolute Gasteiger partial charge is 0.368 e. The Hall–Kier alpha value is -3.12. The fourth-order valence-corrected chi connectivity index (χ4v) is 4.71. The summed E-state index contributed by atoms with van der Waals surface area (Å²) >= 11 is 1.55. The molecule has 0 aliphatic carbocycles. The van der Waals surface area contributed by atoms with Crippen molar-refractivity contribution in [3.05, 3.63) is 35.9 Å². The molecule has 242 valence electrons. The van der Waals surface area contributed by atoms with Crippen LogP contribution in [0.2, 0.25) is 0 Å². The van der Waals surface area contributed by atoms with Gasteiger partial charge in [-0.1, -0.05) is 65.0 Å². The Balaban J connectivity index is 3.21. The molecule has 0 aromatic heterocycles. The van der Waals surface area contributed by atoms with Crippen LogP contribution in [0.25, 0.3) is 0 Å². The highest BCUT2D eigenvalue weighted by Crippen LogP contribution is 2.15. The van der Waals surface area contributed by atoms with Gasteiger partial charge >= 0.3 is 0 Å². The minimum absolute atomic E-state index is 0.0352. The predicted octanol–water partition coefficient (Wildman–Crippen LogP) is 1.63. The van der Waals surface area contributed by atoms with E-state index in [0.29, 0.717) is 44.4 Å². The summed E-state index contributed by atoms with van der Waals surface area (Å²) in [5, 5.41) is 11.1. The lowest BCUT2D eigenvalue weighted by Crippen LogP contribution is -2.59. The molecule has 0 saturated carbocycles. The van der Waals surface area contributed by atoms with Crippen LogP contribution in [0.1, 0.15) is 72.3 Å². The molecule has 0 radical (unpaired) electrons. The number of nitrogens with two attached hydrogens (primary N) is 2. The lowest BCUT2D eigenvalue weighted by molar-refractivity contribution is -0.136. The average molecular weight is 621 g/mol. The van der Waals surface area contributed by atoms with Gasteiger partial charge in [0.25, 0.3) is 0 Å². The normalized spacial score (nSPS) is 14.2. The molecule has 1 aromatic rings. The smallest absolute Gasteiger partial charge is 0.243 e. The van der Waals surface area contributed by atoms with Gasteiger partial charge in [0.2, 0.25) is 29.5 Å². The van der Waals surface area contributed by atoms with Gasteiger partial charge < -0.3 is 32.7 Å². The number of carbonyl (C=O) groups is 5. The van der Waals surface area contributed by atoms with E-state index in [1.54, 1.807) is 32.5 Å². The van der Waals surface area contributed by atoms with Crippen molar-refractivity contribution in [2.45, 2.75) is 97.3 Å². The highest BCUT2D eigenvalue weighted by Gasteiger charge is 2.32. The van der Waals surface area contributed by atoms with Crippen LogP contribution in [0.5, 0.6) is 0 Å². The quantitative estimate of drug-likeness (QED) is 0.127. The lowest BCUT2D eigenvalue weighted by Gasteiger charge is -2.28. The highest BCUT2D eigenvalue weighted by molar-refractivity contribution is 7.98. The standard InChI is InChI=1S/C31H52N6O5S/c1-20(2)18-24(35-27(39)23(15-17-43-6)37-30(42)31(3,4)5)28(40)36-25(19-21-12-8-7-9-13-21)29(41)34-22(26(33)38)14-10-11-16-32/h7-9,12-13,20,22-25H,10-11,14-19,32H2,1-6H3,(H2,33,38)(H,34,41)(H,35,39)(H,36,40)(H,37,42)/t22-,23-,24-,25-/m0/s1. The number of benzene rings is 1. The molecular weight excluding hydrogens is 568 g/mol. The van der Waals surface area contributed by atoms with E-state index in [1.807, 2.05) is 50.4 Å². The number of unbranched alkanes of at least 4 members (excludes halogenated alkanes) is 1. The van der Waals surface area contributed by atoms with Crippen LogP contribution in [0.3, 0.4) is 0 Å². The molecule has 0 spiro atoms. The number of nitrogens with one attached hydrogen (secondary N) is 4. The molecule has 8 N–H and O–H groups in total. The third-order valence-electron chi connectivity index (χ3n) is 6.78. The SMILES string of the molecule is CSCC[C@H](NC(=O)C(C)(C)C)C(=O)N[C@@H](CC(C)C)C(=O)N[C@@H](Cc1ccccc1)C(=O)N[C@@H](CCCCN)C(N)=O. The monoisotopic (exact) mass is 620 g/mol. The molecule has 11 nitrogen and oxygen atoms in total. The van der Waals surface area contributed by atoms with E-state index in [1.165, 1.54) is 0 Å². The molecule has 0 aliphatic heterocycles. The first-order valence-corrected chi connectivity index (χ1v) is 16.3. The van der Waals surface area contributed by atoms with Crippen LogP contribution in [0.4, 0.5) is 0 Å². The number of carbonyl (C=O) groups excluding carboxylic acids is 5.